The minimum absolute atomic E-state index is 0.660. The van der Waals surface area contributed by atoms with E-state index in [0.717, 1.165) is 12.1 Å². The summed E-state index contributed by atoms with van der Waals surface area (Å²) in [5, 5.41) is 4.59. The van der Waals surface area contributed by atoms with E-state index in [1.165, 1.54) is 24.1 Å². The van der Waals surface area contributed by atoms with Gasteiger partial charge in [0.1, 0.15) is 0 Å². The molecule has 2 aromatic heterocycles. The molecule has 0 aliphatic heterocycles. The number of rotatable bonds is 3. The molecule has 1 aliphatic rings. The zero-order valence-electron chi connectivity index (χ0n) is 8.56. The Morgan fingerprint density at radius 1 is 1.47 bits per heavy atom. The van der Waals surface area contributed by atoms with Crippen LogP contribution >= 0.6 is 0 Å². The minimum atomic E-state index is 0.660. The fraction of sp³-hybridized carbons (Fsp3) is 0.455. The predicted molar refractivity (Wildman–Crippen MR) is 57.7 cm³/mol. The largest absolute Gasteiger partial charge is 0.330 e. The van der Waals surface area contributed by atoms with Gasteiger partial charge in [-0.25, -0.2) is 9.50 Å². The molecule has 2 N–H and O–H groups in total. The summed E-state index contributed by atoms with van der Waals surface area (Å²) in [6, 6.07) is 1.91. The molecule has 4 heteroatoms. The maximum Gasteiger partial charge on any atom is 0.158 e. The lowest BCUT2D eigenvalue weighted by Crippen LogP contribution is -2.04. The van der Waals surface area contributed by atoms with Gasteiger partial charge in [-0.1, -0.05) is 0 Å². The SMILES string of the molecule is NCCc1c(C2CC2)nn2cccnc12. The summed E-state index contributed by atoms with van der Waals surface area (Å²) < 4.78 is 1.87. The molecular formula is C11H14N4. The number of aromatic nitrogens is 3. The van der Waals surface area contributed by atoms with Crippen molar-refractivity contribution in [2.75, 3.05) is 6.54 Å². The average molecular weight is 202 g/mol. The molecule has 0 amide bonds. The molecule has 2 aromatic rings. The first kappa shape index (κ1) is 8.85. The number of fused-ring (bicyclic) bond motifs is 1. The molecule has 0 unspecified atom stereocenters. The molecule has 1 saturated carbocycles. The van der Waals surface area contributed by atoms with Gasteiger partial charge in [0.25, 0.3) is 0 Å². The standard InChI is InChI=1S/C11H14N4/c12-5-4-9-10(8-2-3-8)14-15-7-1-6-13-11(9)15/h1,6-8H,2-5,12H2. The molecule has 1 aliphatic carbocycles. The summed E-state index contributed by atoms with van der Waals surface area (Å²) in [6.07, 6.45) is 7.18. The van der Waals surface area contributed by atoms with Crippen molar-refractivity contribution in [3.8, 4) is 0 Å². The number of nitrogens with zero attached hydrogens (tertiary/aromatic N) is 3. The molecule has 0 atom stereocenters. The van der Waals surface area contributed by atoms with Crippen LogP contribution in [-0.2, 0) is 6.42 Å². The van der Waals surface area contributed by atoms with E-state index in [1.54, 1.807) is 0 Å². The molecule has 0 bridgehead atoms. The Bertz CT molecular complexity index is 484. The molecule has 0 aromatic carbocycles. The van der Waals surface area contributed by atoms with Crippen LogP contribution in [0.2, 0.25) is 0 Å². The van der Waals surface area contributed by atoms with Gasteiger partial charge in [0.05, 0.1) is 5.69 Å². The van der Waals surface area contributed by atoms with Crippen LogP contribution in [0.1, 0.15) is 30.0 Å². The molecule has 15 heavy (non-hydrogen) atoms. The molecule has 0 saturated heterocycles. The Morgan fingerprint density at radius 3 is 3.07 bits per heavy atom. The number of nitrogens with two attached hydrogens (primary N) is 1. The van der Waals surface area contributed by atoms with Gasteiger partial charge < -0.3 is 5.73 Å². The van der Waals surface area contributed by atoms with Crippen LogP contribution in [0.15, 0.2) is 18.5 Å². The highest BCUT2D eigenvalue weighted by molar-refractivity contribution is 5.51. The van der Waals surface area contributed by atoms with Crippen molar-refractivity contribution in [1.82, 2.24) is 14.6 Å². The van der Waals surface area contributed by atoms with Gasteiger partial charge in [-0.2, -0.15) is 5.10 Å². The third-order valence-corrected chi connectivity index (χ3v) is 2.88. The fourth-order valence-corrected chi connectivity index (χ4v) is 2.02. The molecular weight excluding hydrogens is 188 g/mol. The second-order valence-corrected chi connectivity index (χ2v) is 4.06. The van der Waals surface area contributed by atoms with Crippen LogP contribution < -0.4 is 5.73 Å². The maximum absolute atomic E-state index is 5.64. The summed E-state index contributed by atoms with van der Waals surface area (Å²) in [5.74, 6) is 0.660. The lowest BCUT2D eigenvalue weighted by molar-refractivity contribution is 0.872. The first-order chi connectivity index (χ1) is 7.40. The average Bonchev–Trinajstić information content (AvgIpc) is 3.04. The van der Waals surface area contributed by atoms with Crippen molar-refractivity contribution in [3.05, 3.63) is 29.7 Å². The van der Waals surface area contributed by atoms with E-state index in [1.807, 2.05) is 23.0 Å². The van der Waals surface area contributed by atoms with Crippen molar-refractivity contribution in [2.45, 2.75) is 25.2 Å². The highest BCUT2D eigenvalue weighted by Gasteiger charge is 2.30. The normalized spacial score (nSPS) is 16.1. The van der Waals surface area contributed by atoms with Crippen molar-refractivity contribution < 1.29 is 0 Å². The van der Waals surface area contributed by atoms with Crippen molar-refractivity contribution >= 4 is 5.65 Å². The van der Waals surface area contributed by atoms with E-state index < -0.39 is 0 Å². The Hall–Kier alpha value is -1.42. The van der Waals surface area contributed by atoms with Gasteiger partial charge >= 0.3 is 0 Å². The van der Waals surface area contributed by atoms with Gasteiger partial charge in [0.15, 0.2) is 5.65 Å². The fourth-order valence-electron chi connectivity index (χ4n) is 2.02. The molecule has 78 valence electrons. The summed E-state index contributed by atoms with van der Waals surface area (Å²) in [5.41, 5.74) is 9.08. The highest BCUT2D eigenvalue weighted by Crippen LogP contribution is 2.41. The van der Waals surface area contributed by atoms with Crippen LogP contribution in [0.25, 0.3) is 5.65 Å². The van der Waals surface area contributed by atoms with Crippen LogP contribution in [0.4, 0.5) is 0 Å². The van der Waals surface area contributed by atoms with Gasteiger partial charge in [-0.15, -0.1) is 0 Å². The Morgan fingerprint density at radius 2 is 2.33 bits per heavy atom. The van der Waals surface area contributed by atoms with Gasteiger partial charge in [-0.05, 0) is 31.9 Å². The highest BCUT2D eigenvalue weighted by atomic mass is 15.3. The first-order valence-electron chi connectivity index (χ1n) is 5.42. The zero-order chi connectivity index (χ0) is 10.3. The van der Waals surface area contributed by atoms with E-state index in [0.29, 0.717) is 12.5 Å². The monoisotopic (exact) mass is 202 g/mol. The third kappa shape index (κ3) is 1.41. The number of hydrogen-bond acceptors (Lipinski definition) is 3. The molecule has 1 fully saturated rings. The lowest BCUT2D eigenvalue weighted by Gasteiger charge is -1.97. The van der Waals surface area contributed by atoms with Crippen molar-refractivity contribution in [2.24, 2.45) is 5.73 Å². The zero-order valence-corrected chi connectivity index (χ0v) is 8.56. The third-order valence-electron chi connectivity index (χ3n) is 2.88. The summed E-state index contributed by atoms with van der Waals surface area (Å²) in [6.45, 7) is 0.664. The summed E-state index contributed by atoms with van der Waals surface area (Å²) in [7, 11) is 0. The predicted octanol–water partition coefficient (Wildman–Crippen LogP) is 1.11. The Balaban J connectivity index is 2.19. The lowest BCUT2D eigenvalue weighted by atomic mass is 10.1. The van der Waals surface area contributed by atoms with Crippen LogP contribution in [0.3, 0.4) is 0 Å². The molecule has 2 heterocycles. The molecule has 4 nitrogen and oxygen atoms in total. The van der Waals surface area contributed by atoms with Gasteiger partial charge in [0, 0.05) is 23.9 Å². The molecule has 0 spiro atoms. The second-order valence-electron chi connectivity index (χ2n) is 4.06. The second kappa shape index (κ2) is 3.31. The van der Waals surface area contributed by atoms with E-state index in [9.17, 15) is 0 Å². The van der Waals surface area contributed by atoms with E-state index in [4.69, 9.17) is 5.73 Å². The van der Waals surface area contributed by atoms with E-state index in [-0.39, 0.29) is 0 Å². The maximum atomic E-state index is 5.64. The van der Waals surface area contributed by atoms with Crippen LogP contribution in [-0.4, -0.2) is 21.1 Å². The molecule has 3 rings (SSSR count). The summed E-state index contributed by atoms with van der Waals surface area (Å²) in [4.78, 5) is 4.38. The smallest absolute Gasteiger partial charge is 0.158 e. The van der Waals surface area contributed by atoms with Gasteiger partial charge in [0.2, 0.25) is 0 Å². The van der Waals surface area contributed by atoms with E-state index >= 15 is 0 Å². The Labute approximate surface area is 88.1 Å². The number of hydrogen-bond donors (Lipinski definition) is 1. The van der Waals surface area contributed by atoms with Crippen LogP contribution in [0.5, 0.6) is 0 Å². The topological polar surface area (TPSA) is 56.2 Å². The minimum Gasteiger partial charge on any atom is -0.330 e. The quantitative estimate of drug-likeness (QED) is 0.811. The van der Waals surface area contributed by atoms with Crippen molar-refractivity contribution in [3.63, 3.8) is 0 Å². The molecule has 0 radical (unpaired) electrons. The first-order valence-corrected chi connectivity index (χ1v) is 5.42. The summed E-state index contributed by atoms with van der Waals surface area (Å²) >= 11 is 0. The van der Waals surface area contributed by atoms with E-state index in [2.05, 4.69) is 10.1 Å². The van der Waals surface area contributed by atoms with Crippen LogP contribution in [0, 0.1) is 0 Å². The van der Waals surface area contributed by atoms with Crippen molar-refractivity contribution in [1.29, 1.82) is 0 Å². The Kier molecular flexibility index (Phi) is 1.95. The van der Waals surface area contributed by atoms with Gasteiger partial charge in [-0.3, -0.25) is 0 Å².